The van der Waals surface area contributed by atoms with Crippen molar-refractivity contribution in [3.05, 3.63) is 34.1 Å². The Hall–Kier alpha value is -0.900. The van der Waals surface area contributed by atoms with E-state index in [9.17, 15) is 9.18 Å². The lowest BCUT2D eigenvalue weighted by molar-refractivity contribution is 0.0948. The van der Waals surface area contributed by atoms with Crippen LogP contribution in [0.15, 0.2) is 22.7 Å². The number of hydrogen-bond donors (Lipinski definition) is 1. The van der Waals surface area contributed by atoms with Crippen LogP contribution in [-0.2, 0) is 0 Å². The highest BCUT2D eigenvalue weighted by Gasteiger charge is 2.14. The molecule has 0 aliphatic heterocycles. The highest BCUT2D eigenvalue weighted by molar-refractivity contribution is 9.10. The van der Waals surface area contributed by atoms with Crippen LogP contribution < -0.4 is 5.32 Å². The molecule has 4 heteroatoms. The van der Waals surface area contributed by atoms with Crippen molar-refractivity contribution in [3.8, 4) is 0 Å². The SMILES string of the molecule is CCCCNC(=O)c1c(F)cccc1Br. The van der Waals surface area contributed by atoms with E-state index in [-0.39, 0.29) is 11.5 Å². The molecule has 0 saturated carbocycles. The van der Waals surface area contributed by atoms with E-state index in [1.54, 1.807) is 12.1 Å². The van der Waals surface area contributed by atoms with Crippen molar-refractivity contribution in [1.82, 2.24) is 5.32 Å². The zero-order chi connectivity index (χ0) is 11.3. The molecule has 82 valence electrons. The lowest BCUT2D eigenvalue weighted by atomic mass is 10.2. The molecule has 0 unspecified atom stereocenters. The number of rotatable bonds is 4. The van der Waals surface area contributed by atoms with Gasteiger partial charge in [0.15, 0.2) is 0 Å². The summed E-state index contributed by atoms with van der Waals surface area (Å²) in [4.78, 5) is 11.6. The van der Waals surface area contributed by atoms with Crippen molar-refractivity contribution in [2.45, 2.75) is 19.8 Å². The maximum atomic E-state index is 13.3. The number of amides is 1. The van der Waals surface area contributed by atoms with Crippen LogP contribution in [0.1, 0.15) is 30.1 Å². The van der Waals surface area contributed by atoms with Gasteiger partial charge in [-0.15, -0.1) is 0 Å². The van der Waals surface area contributed by atoms with E-state index in [4.69, 9.17) is 0 Å². The molecule has 0 aliphatic rings. The first-order valence-electron chi connectivity index (χ1n) is 4.89. The fourth-order valence-electron chi connectivity index (χ4n) is 1.18. The van der Waals surface area contributed by atoms with Crippen LogP contribution in [-0.4, -0.2) is 12.5 Å². The summed E-state index contributed by atoms with van der Waals surface area (Å²) in [5.41, 5.74) is 0.0774. The lowest BCUT2D eigenvalue weighted by Gasteiger charge is -2.06. The third-order valence-electron chi connectivity index (χ3n) is 2.01. The standard InChI is InChI=1S/C11H13BrFNO/c1-2-3-7-14-11(15)10-8(12)5-4-6-9(10)13/h4-6H,2-3,7H2,1H3,(H,14,15). The van der Waals surface area contributed by atoms with Gasteiger partial charge in [0.25, 0.3) is 5.91 Å². The molecule has 1 N–H and O–H groups in total. The van der Waals surface area contributed by atoms with Gasteiger partial charge in [0.05, 0.1) is 5.56 Å². The third kappa shape index (κ3) is 3.30. The summed E-state index contributed by atoms with van der Waals surface area (Å²) in [6.45, 7) is 2.61. The van der Waals surface area contributed by atoms with E-state index in [2.05, 4.69) is 21.2 Å². The molecule has 1 aromatic carbocycles. The van der Waals surface area contributed by atoms with Gasteiger partial charge < -0.3 is 5.32 Å². The molecule has 2 nitrogen and oxygen atoms in total. The minimum Gasteiger partial charge on any atom is -0.352 e. The summed E-state index contributed by atoms with van der Waals surface area (Å²) in [7, 11) is 0. The molecule has 0 aromatic heterocycles. The van der Waals surface area contributed by atoms with Crippen LogP contribution >= 0.6 is 15.9 Å². The minimum absolute atomic E-state index is 0.0774. The van der Waals surface area contributed by atoms with E-state index in [1.807, 2.05) is 6.92 Å². The number of benzene rings is 1. The van der Waals surface area contributed by atoms with E-state index >= 15 is 0 Å². The Labute approximate surface area is 97.0 Å². The molecule has 0 radical (unpaired) electrons. The number of hydrogen-bond acceptors (Lipinski definition) is 1. The predicted octanol–water partition coefficient (Wildman–Crippen LogP) is 3.12. The molecule has 1 rings (SSSR count). The number of unbranched alkanes of at least 4 members (excludes halogenated alkanes) is 1. The monoisotopic (exact) mass is 273 g/mol. The predicted molar refractivity (Wildman–Crippen MR) is 61.3 cm³/mol. The fourth-order valence-corrected chi connectivity index (χ4v) is 1.70. The van der Waals surface area contributed by atoms with Crippen LogP contribution in [0.5, 0.6) is 0 Å². The van der Waals surface area contributed by atoms with Crippen LogP contribution in [0.4, 0.5) is 4.39 Å². The normalized spacial score (nSPS) is 10.1. The van der Waals surface area contributed by atoms with Gasteiger partial charge in [-0.05, 0) is 34.5 Å². The molecule has 0 bridgehead atoms. The minimum atomic E-state index is -0.502. The second-order valence-electron chi connectivity index (χ2n) is 3.21. The number of halogens is 2. The largest absolute Gasteiger partial charge is 0.352 e. The zero-order valence-corrected chi connectivity index (χ0v) is 10.1. The summed E-state index contributed by atoms with van der Waals surface area (Å²) in [6.07, 6.45) is 1.90. The van der Waals surface area contributed by atoms with Gasteiger partial charge in [-0.2, -0.15) is 0 Å². The van der Waals surface area contributed by atoms with Gasteiger partial charge in [-0.3, -0.25) is 4.79 Å². The smallest absolute Gasteiger partial charge is 0.255 e. The van der Waals surface area contributed by atoms with Gasteiger partial charge in [0.2, 0.25) is 0 Å². The van der Waals surface area contributed by atoms with Crippen molar-refractivity contribution in [2.24, 2.45) is 0 Å². The Kier molecular flexibility index (Phi) is 4.75. The highest BCUT2D eigenvalue weighted by atomic mass is 79.9. The second kappa shape index (κ2) is 5.85. The zero-order valence-electron chi connectivity index (χ0n) is 8.52. The Morgan fingerprint density at radius 3 is 2.87 bits per heavy atom. The molecule has 0 atom stereocenters. The van der Waals surface area contributed by atoms with E-state index < -0.39 is 5.82 Å². The Balaban J connectivity index is 2.73. The van der Waals surface area contributed by atoms with Crippen LogP contribution in [0.2, 0.25) is 0 Å². The molecule has 0 saturated heterocycles. The maximum Gasteiger partial charge on any atom is 0.255 e. The lowest BCUT2D eigenvalue weighted by Crippen LogP contribution is -2.25. The quantitative estimate of drug-likeness (QED) is 0.840. The molecule has 0 aliphatic carbocycles. The Bertz CT molecular complexity index is 334. The van der Waals surface area contributed by atoms with Gasteiger partial charge in [-0.25, -0.2) is 4.39 Å². The molecule has 1 amide bonds. The topological polar surface area (TPSA) is 29.1 Å². The molecule has 0 fully saturated rings. The molecule has 0 spiro atoms. The average Bonchev–Trinajstić information content (AvgIpc) is 2.18. The van der Waals surface area contributed by atoms with Crippen molar-refractivity contribution in [1.29, 1.82) is 0 Å². The number of nitrogens with one attached hydrogen (secondary N) is 1. The average molecular weight is 274 g/mol. The molecule has 1 aromatic rings. The molecular weight excluding hydrogens is 261 g/mol. The van der Waals surface area contributed by atoms with Crippen molar-refractivity contribution in [2.75, 3.05) is 6.54 Å². The molecular formula is C11H13BrFNO. The maximum absolute atomic E-state index is 13.3. The summed E-state index contributed by atoms with van der Waals surface area (Å²) in [5.74, 6) is -0.869. The summed E-state index contributed by atoms with van der Waals surface area (Å²) < 4.78 is 13.8. The summed E-state index contributed by atoms with van der Waals surface area (Å²) >= 11 is 3.16. The van der Waals surface area contributed by atoms with Gasteiger partial charge >= 0.3 is 0 Å². The highest BCUT2D eigenvalue weighted by Crippen LogP contribution is 2.19. The fraction of sp³-hybridized carbons (Fsp3) is 0.364. The number of carbonyl (C=O) groups is 1. The molecule has 15 heavy (non-hydrogen) atoms. The first-order chi connectivity index (χ1) is 7.16. The second-order valence-corrected chi connectivity index (χ2v) is 4.06. The van der Waals surface area contributed by atoms with Crippen molar-refractivity contribution < 1.29 is 9.18 Å². The Morgan fingerprint density at radius 2 is 2.27 bits per heavy atom. The Morgan fingerprint density at radius 1 is 1.53 bits per heavy atom. The van der Waals surface area contributed by atoms with Gasteiger partial charge in [-0.1, -0.05) is 19.4 Å². The summed E-state index contributed by atoms with van der Waals surface area (Å²) in [6, 6.07) is 4.49. The first-order valence-corrected chi connectivity index (χ1v) is 5.68. The van der Waals surface area contributed by atoms with Gasteiger partial charge in [0.1, 0.15) is 5.82 Å². The van der Waals surface area contributed by atoms with Gasteiger partial charge in [0, 0.05) is 11.0 Å². The molecule has 0 heterocycles. The van der Waals surface area contributed by atoms with Crippen LogP contribution in [0.25, 0.3) is 0 Å². The van der Waals surface area contributed by atoms with Crippen molar-refractivity contribution in [3.63, 3.8) is 0 Å². The van der Waals surface area contributed by atoms with Crippen molar-refractivity contribution >= 4 is 21.8 Å². The summed E-state index contributed by atoms with van der Waals surface area (Å²) in [5, 5.41) is 2.67. The van der Waals surface area contributed by atoms with Crippen LogP contribution in [0.3, 0.4) is 0 Å². The van der Waals surface area contributed by atoms with E-state index in [0.29, 0.717) is 11.0 Å². The van der Waals surface area contributed by atoms with E-state index in [1.165, 1.54) is 6.07 Å². The first kappa shape index (κ1) is 12.2. The van der Waals surface area contributed by atoms with E-state index in [0.717, 1.165) is 12.8 Å². The number of carbonyl (C=O) groups excluding carboxylic acids is 1. The van der Waals surface area contributed by atoms with Crippen LogP contribution in [0, 0.1) is 5.82 Å². The third-order valence-corrected chi connectivity index (χ3v) is 2.67.